The standard InChI is InChI=1S/C10H17NO3/c1-10(4-2-3-5-11-10)9(12)14-8-6-13-7-8/h8,11H,2-7H2,1H3. The summed E-state index contributed by atoms with van der Waals surface area (Å²) in [6, 6.07) is 0. The van der Waals surface area contributed by atoms with Crippen LogP contribution in [-0.4, -0.2) is 37.4 Å². The summed E-state index contributed by atoms with van der Waals surface area (Å²) in [6.45, 7) is 3.95. The van der Waals surface area contributed by atoms with E-state index in [-0.39, 0.29) is 12.1 Å². The fraction of sp³-hybridized carbons (Fsp3) is 0.900. The average molecular weight is 199 g/mol. The largest absolute Gasteiger partial charge is 0.456 e. The Kier molecular flexibility index (Phi) is 2.74. The van der Waals surface area contributed by atoms with Crippen LogP contribution in [0.25, 0.3) is 0 Å². The molecule has 2 heterocycles. The van der Waals surface area contributed by atoms with Crippen molar-refractivity contribution in [3.63, 3.8) is 0 Å². The first-order valence-corrected chi connectivity index (χ1v) is 5.24. The van der Waals surface area contributed by atoms with Crippen LogP contribution in [-0.2, 0) is 14.3 Å². The Bertz CT molecular complexity index is 219. The first-order chi connectivity index (χ1) is 6.71. The van der Waals surface area contributed by atoms with Gasteiger partial charge < -0.3 is 14.8 Å². The minimum atomic E-state index is -0.464. The van der Waals surface area contributed by atoms with E-state index >= 15 is 0 Å². The van der Waals surface area contributed by atoms with Gasteiger partial charge in [-0.2, -0.15) is 0 Å². The van der Waals surface area contributed by atoms with Gasteiger partial charge in [0.05, 0.1) is 13.2 Å². The molecular weight excluding hydrogens is 182 g/mol. The summed E-state index contributed by atoms with van der Waals surface area (Å²) in [5.41, 5.74) is -0.464. The highest BCUT2D eigenvalue weighted by Crippen LogP contribution is 2.21. The molecule has 2 fully saturated rings. The molecule has 2 rings (SSSR count). The molecule has 80 valence electrons. The number of carbonyl (C=O) groups is 1. The Morgan fingerprint density at radius 1 is 1.50 bits per heavy atom. The van der Waals surface area contributed by atoms with Gasteiger partial charge in [-0.1, -0.05) is 0 Å². The Hall–Kier alpha value is -0.610. The van der Waals surface area contributed by atoms with E-state index in [0.717, 1.165) is 25.8 Å². The van der Waals surface area contributed by atoms with Crippen LogP contribution in [0.4, 0.5) is 0 Å². The van der Waals surface area contributed by atoms with Crippen LogP contribution in [0.1, 0.15) is 26.2 Å². The van der Waals surface area contributed by atoms with Crippen molar-refractivity contribution in [2.45, 2.75) is 37.8 Å². The van der Waals surface area contributed by atoms with Crippen molar-refractivity contribution in [1.82, 2.24) is 5.32 Å². The number of esters is 1. The molecule has 1 unspecified atom stereocenters. The molecule has 0 spiro atoms. The minimum absolute atomic E-state index is 0.0111. The molecule has 0 aliphatic carbocycles. The Morgan fingerprint density at radius 2 is 2.29 bits per heavy atom. The van der Waals surface area contributed by atoms with Crippen LogP contribution in [0.2, 0.25) is 0 Å². The normalized spacial score (nSPS) is 33.5. The number of ether oxygens (including phenoxy) is 2. The van der Waals surface area contributed by atoms with Crippen molar-refractivity contribution in [3.8, 4) is 0 Å². The topological polar surface area (TPSA) is 47.6 Å². The third-order valence-corrected chi connectivity index (χ3v) is 2.95. The number of hydrogen-bond acceptors (Lipinski definition) is 4. The number of rotatable bonds is 2. The molecular formula is C10H17NO3. The lowest BCUT2D eigenvalue weighted by atomic mass is 9.91. The van der Waals surface area contributed by atoms with Gasteiger partial charge in [-0.05, 0) is 32.7 Å². The van der Waals surface area contributed by atoms with Crippen LogP contribution < -0.4 is 5.32 Å². The second-order valence-electron chi connectivity index (χ2n) is 4.28. The van der Waals surface area contributed by atoms with Crippen LogP contribution >= 0.6 is 0 Å². The van der Waals surface area contributed by atoms with Crippen molar-refractivity contribution >= 4 is 5.97 Å². The summed E-state index contributed by atoms with van der Waals surface area (Å²) >= 11 is 0. The number of nitrogens with one attached hydrogen (secondary N) is 1. The molecule has 0 aromatic carbocycles. The molecule has 4 heteroatoms. The monoisotopic (exact) mass is 199 g/mol. The second-order valence-corrected chi connectivity index (χ2v) is 4.28. The highest BCUT2D eigenvalue weighted by atomic mass is 16.6. The fourth-order valence-corrected chi connectivity index (χ4v) is 1.79. The Morgan fingerprint density at radius 3 is 2.79 bits per heavy atom. The van der Waals surface area contributed by atoms with Crippen LogP contribution in [0.5, 0.6) is 0 Å². The first kappa shape index (κ1) is 9.93. The second kappa shape index (κ2) is 3.87. The predicted octanol–water partition coefficient (Wildman–Crippen LogP) is 0.461. The van der Waals surface area contributed by atoms with Crippen LogP contribution in [0.15, 0.2) is 0 Å². The summed E-state index contributed by atoms with van der Waals surface area (Å²) in [5.74, 6) is -0.120. The summed E-state index contributed by atoms with van der Waals surface area (Å²) < 4.78 is 10.3. The molecule has 0 radical (unpaired) electrons. The number of hydrogen-bond donors (Lipinski definition) is 1. The summed E-state index contributed by atoms with van der Waals surface area (Å²) in [5, 5.41) is 3.23. The molecule has 4 nitrogen and oxygen atoms in total. The third-order valence-electron chi connectivity index (χ3n) is 2.95. The molecule has 2 aliphatic heterocycles. The zero-order valence-corrected chi connectivity index (χ0v) is 8.54. The molecule has 0 saturated carbocycles. The van der Waals surface area contributed by atoms with E-state index in [1.165, 1.54) is 0 Å². The third kappa shape index (κ3) is 1.91. The van der Waals surface area contributed by atoms with E-state index in [0.29, 0.717) is 13.2 Å². The predicted molar refractivity (Wildman–Crippen MR) is 51.0 cm³/mol. The quantitative estimate of drug-likeness (QED) is 0.656. The average Bonchev–Trinajstić information content (AvgIpc) is 2.12. The van der Waals surface area contributed by atoms with E-state index in [9.17, 15) is 4.79 Å². The molecule has 0 bridgehead atoms. The highest BCUT2D eigenvalue weighted by molar-refractivity contribution is 5.80. The zero-order chi connectivity index (χ0) is 10.0. The Balaban J connectivity index is 1.87. The van der Waals surface area contributed by atoms with Gasteiger partial charge in [-0.15, -0.1) is 0 Å². The fourth-order valence-electron chi connectivity index (χ4n) is 1.79. The lowest BCUT2D eigenvalue weighted by Crippen LogP contribution is -2.55. The van der Waals surface area contributed by atoms with Gasteiger partial charge in [0.1, 0.15) is 11.6 Å². The summed E-state index contributed by atoms with van der Waals surface area (Å²) in [7, 11) is 0. The van der Waals surface area contributed by atoms with Gasteiger partial charge in [0.15, 0.2) is 0 Å². The van der Waals surface area contributed by atoms with Gasteiger partial charge in [0.25, 0.3) is 0 Å². The van der Waals surface area contributed by atoms with Gasteiger partial charge in [-0.25, -0.2) is 0 Å². The van der Waals surface area contributed by atoms with Crippen molar-refractivity contribution in [3.05, 3.63) is 0 Å². The minimum Gasteiger partial charge on any atom is -0.456 e. The first-order valence-electron chi connectivity index (χ1n) is 5.24. The van der Waals surface area contributed by atoms with E-state index in [2.05, 4.69) is 5.32 Å². The highest BCUT2D eigenvalue weighted by Gasteiger charge is 2.38. The smallest absolute Gasteiger partial charge is 0.326 e. The van der Waals surface area contributed by atoms with E-state index in [1.807, 2.05) is 6.92 Å². The lowest BCUT2D eigenvalue weighted by molar-refractivity contribution is -0.179. The molecule has 0 amide bonds. The molecule has 2 saturated heterocycles. The van der Waals surface area contributed by atoms with E-state index in [1.54, 1.807) is 0 Å². The maximum atomic E-state index is 11.8. The van der Waals surface area contributed by atoms with Gasteiger partial charge in [-0.3, -0.25) is 4.79 Å². The molecule has 0 aromatic heterocycles. The number of piperidine rings is 1. The van der Waals surface area contributed by atoms with Gasteiger partial charge >= 0.3 is 5.97 Å². The van der Waals surface area contributed by atoms with E-state index < -0.39 is 5.54 Å². The van der Waals surface area contributed by atoms with Crippen molar-refractivity contribution in [2.24, 2.45) is 0 Å². The van der Waals surface area contributed by atoms with Crippen molar-refractivity contribution in [2.75, 3.05) is 19.8 Å². The molecule has 1 atom stereocenters. The van der Waals surface area contributed by atoms with Crippen molar-refractivity contribution in [1.29, 1.82) is 0 Å². The maximum Gasteiger partial charge on any atom is 0.326 e. The molecule has 1 N–H and O–H groups in total. The molecule has 14 heavy (non-hydrogen) atoms. The zero-order valence-electron chi connectivity index (χ0n) is 8.54. The number of carbonyl (C=O) groups excluding carboxylic acids is 1. The summed E-state index contributed by atoms with van der Waals surface area (Å²) in [4.78, 5) is 11.8. The summed E-state index contributed by atoms with van der Waals surface area (Å²) in [6.07, 6.45) is 3.11. The van der Waals surface area contributed by atoms with E-state index in [4.69, 9.17) is 9.47 Å². The van der Waals surface area contributed by atoms with Crippen molar-refractivity contribution < 1.29 is 14.3 Å². The maximum absolute atomic E-state index is 11.8. The molecule has 0 aromatic rings. The Labute approximate surface area is 84.0 Å². The molecule has 2 aliphatic rings. The SMILES string of the molecule is CC1(C(=O)OC2COC2)CCCCN1. The van der Waals surface area contributed by atoms with Gasteiger partial charge in [0, 0.05) is 0 Å². The lowest BCUT2D eigenvalue weighted by Gasteiger charge is -2.35. The van der Waals surface area contributed by atoms with Crippen LogP contribution in [0, 0.1) is 0 Å². The van der Waals surface area contributed by atoms with Gasteiger partial charge in [0.2, 0.25) is 0 Å². The van der Waals surface area contributed by atoms with Crippen LogP contribution in [0.3, 0.4) is 0 Å².